The predicted octanol–water partition coefficient (Wildman–Crippen LogP) is 3.79. The summed E-state index contributed by atoms with van der Waals surface area (Å²) in [5, 5.41) is 9.71. The average Bonchev–Trinajstić information content (AvgIpc) is 2.38. The van der Waals surface area contributed by atoms with Gasteiger partial charge in [-0.3, -0.25) is 0 Å². The number of aliphatic hydroxyl groups is 1. The first-order valence-electron chi connectivity index (χ1n) is 5.96. The Morgan fingerprint density at radius 1 is 1.05 bits per heavy atom. The second-order valence-corrected chi connectivity index (χ2v) is 4.39. The normalized spacial score (nSPS) is 12.3. The molecule has 2 aromatic carbocycles. The van der Waals surface area contributed by atoms with Crippen LogP contribution < -0.4 is 4.90 Å². The molecule has 0 aromatic heterocycles. The van der Waals surface area contributed by atoms with Crippen molar-refractivity contribution in [1.29, 1.82) is 0 Å². The minimum atomic E-state index is -0.833. The fraction of sp³-hybridized carbons (Fsp3) is 0.200. The maximum absolute atomic E-state index is 13.8. The second kappa shape index (κ2) is 5.36. The van der Waals surface area contributed by atoms with Gasteiger partial charge in [-0.15, -0.1) is 0 Å². The third kappa shape index (κ3) is 2.74. The molecule has 0 heterocycles. The van der Waals surface area contributed by atoms with Crippen LogP contribution in [0.2, 0.25) is 0 Å². The Morgan fingerprint density at radius 3 is 2.37 bits per heavy atom. The standard InChI is InChI=1S/C15H15F2NO/c1-10(19)12-9-11(16)7-8-14(12)18(2)15-6-4-3-5-13(15)17/h3-10,19H,1-2H3. The molecule has 0 bridgehead atoms. The molecule has 4 heteroatoms. The van der Waals surface area contributed by atoms with E-state index in [-0.39, 0.29) is 5.82 Å². The van der Waals surface area contributed by atoms with Crippen LogP contribution in [0.4, 0.5) is 20.2 Å². The van der Waals surface area contributed by atoms with Crippen LogP contribution >= 0.6 is 0 Å². The molecule has 19 heavy (non-hydrogen) atoms. The molecule has 2 aromatic rings. The summed E-state index contributed by atoms with van der Waals surface area (Å²) < 4.78 is 27.0. The lowest BCUT2D eigenvalue weighted by molar-refractivity contribution is 0.199. The molecular weight excluding hydrogens is 248 g/mol. The first kappa shape index (κ1) is 13.5. The number of aliphatic hydroxyl groups excluding tert-OH is 1. The minimum absolute atomic E-state index is 0.370. The summed E-state index contributed by atoms with van der Waals surface area (Å²) in [7, 11) is 1.68. The van der Waals surface area contributed by atoms with Crippen molar-refractivity contribution in [2.75, 3.05) is 11.9 Å². The van der Waals surface area contributed by atoms with Gasteiger partial charge in [-0.1, -0.05) is 12.1 Å². The number of para-hydroxylation sites is 1. The molecule has 1 unspecified atom stereocenters. The van der Waals surface area contributed by atoms with E-state index in [9.17, 15) is 13.9 Å². The molecule has 0 aliphatic heterocycles. The van der Waals surface area contributed by atoms with Gasteiger partial charge in [0.15, 0.2) is 0 Å². The zero-order valence-electron chi connectivity index (χ0n) is 10.8. The van der Waals surface area contributed by atoms with Crippen molar-refractivity contribution in [2.45, 2.75) is 13.0 Å². The Bertz CT molecular complexity index is 584. The Balaban J connectivity index is 2.50. The number of nitrogens with zero attached hydrogens (tertiary/aromatic N) is 1. The molecule has 2 nitrogen and oxygen atoms in total. The van der Waals surface area contributed by atoms with Crippen LogP contribution in [-0.2, 0) is 0 Å². The maximum atomic E-state index is 13.8. The molecule has 2 rings (SSSR count). The molecule has 0 saturated heterocycles. The van der Waals surface area contributed by atoms with Gasteiger partial charge in [-0.2, -0.15) is 0 Å². The minimum Gasteiger partial charge on any atom is -0.389 e. The van der Waals surface area contributed by atoms with Gasteiger partial charge in [0.2, 0.25) is 0 Å². The predicted molar refractivity (Wildman–Crippen MR) is 71.5 cm³/mol. The van der Waals surface area contributed by atoms with Gasteiger partial charge in [-0.25, -0.2) is 8.78 Å². The Hall–Kier alpha value is -1.94. The zero-order valence-corrected chi connectivity index (χ0v) is 10.8. The number of anilines is 2. The summed E-state index contributed by atoms with van der Waals surface area (Å²) in [6.07, 6.45) is -0.833. The molecule has 1 atom stereocenters. The number of rotatable bonds is 3. The van der Waals surface area contributed by atoms with Crippen molar-refractivity contribution in [3.8, 4) is 0 Å². The Kier molecular flexibility index (Phi) is 3.81. The highest BCUT2D eigenvalue weighted by atomic mass is 19.1. The van der Waals surface area contributed by atoms with Crippen LogP contribution in [0.3, 0.4) is 0 Å². The van der Waals surface area contributed by atoms with Gasteiger partial charge < -0.3 is 10.0 Å². The van der Waals surface area contributed by atoms with Gasteiger partial charge in [0.05, 0.1) is 11.8 Å². The molecular formula is C15H15F2NO. The van der Waals surface area contributed by atoms with Crippen molar-refractivity contribution in [2.24, 2.45) is 0 Å². The Morgan fingerprint density at radius 2 is 1.74 bits per heavy atom. The molecule has 0 aliphatic rings. The first-order chi connectivity index (χ1) is 9.00. The number of hydrogen-bond donors (Lipinski definition) is 1. The van der Waals surface area contributed by atoms with E-state index in [1.165, 1.54) is 24.3 Å². The SMILES string of the molecule is CC(O)c1cc(F)ccc1N(C)c1ccccc1F. The Labute approximate surface area is 110 Å². The monoisotopic (exact) mass is 263 g/mol. The molecule has 0 radical (unpaired) electrons. The summed E-state index contributed by atoms with van der Waals surface area (Å²) in [4.78, 5) is 1.59. The lowest BCUT2D eigenvalue weighted by atomic mass is 10.1. The highest BCUT2D eigenvalue weighted by Crippen LogP contribution is 2.32. The lowest BCUT2D eigenvalue weighted by Gasteiger charge is -2.24. The van der Waals surface area contributed by atoms with Gasteiger partial charge >= 0.3 is 0 Å². The van der Waals surface area contributed by atoms with E-state index in [1.54, 1.807) is 37.1 Å². The summed E-state index contributed by atoms with van der Waals surface area (Å²) in [6, 6.07) is 10.4. The number of halogens is 2. The highest BCUT2D eigenvalue weighted by molar-refractivity contribution is 5.66. The van der Waals surface area contributed by atoms with Crippen LogP contribution in [0.5, 0.6) is 0 Å². The van der Waals surface area contributed by atoms with Gasteiger partial charge in [0, 0.05) is 18.3 Å². The van der Waals surface area contributed by atoms with Crippen molar-refractivity contribution in [3.63, 3.8) is 0 Å². The largest absolute Gasteiger partial charge is 0.389 e. The molecule has 0 amide bonds. The zero-order chi connectivity index (χ0) is 14.0. The van der Waals surface area contributed by atoms with Gasteiger partial charge in [-0.05, 0) is 37.3 Å². The lowest BCUT2D eigenvalue weighted by Crippen LogP contribution is -2.14. The summed E-state index contributed by atoms with van der Waals surface area (Å²) in [5.74, 6) is -0.799. The molecule has 0 spiro atoms. The van der Waals surface area contributed by atoms with E-state index in [0.29, 0.717) is 16.9 Å². The smallest absolute Gasteiger partial charge is 0.146 e. The van der Waals surface area contributed by atoms with E-state index in [1.807, 2.05) is 0 Å². The fourth-order valence-electron chi connectivity index (χ4n) is 2.02. The van der Waals surface area contributed by atoms with Crippen LogP contribution in [-0.4, -0.2) is 12.2 Å². The van der Waals surface area contributed by atoms with E-state index in [2.05, 4.69) is 0 Å². The molecule has 0 saturated carbocycles. The van der Waals surface area contributed by atoms with Gasteiger partial charge in [0.25, 0.3) is 0 Å². The van der Waals surface area contributed by atoms with E-state index in [4.69, 9.17) is 0 Å². The van der Waals surface area contributed by atoms with Crippen LogP contribution in [0.1, 0.15) is 18.6 Å². The van der Waals surface area contributed by atoms with Crippen LogP contribution in [0, 0.1) is 11.6 Å². The second-order valence-electron chi connectivity index (χ2n) is 4.39. The van der Waals surface area contributed by atoms with Crippen molar-refractivity contribution >= 4 is 11.4 Å². The summed E-state index contributed by atoms with van der Waals surface area (Å²) >= 11 is 0. The number of benzene rings is 2. The maximum Gasteiger partial charge on any atom is 0.146 e. The number of hydrogen-bond acceptors (Lipinski definition) is 2. The van der Waals surface area contributed by atoms with Gasteiger partial charge in [0.1, 0.15) is 11.6 Å². The third-order valence-corrected chi connectivity index (χ3v) is 3.01. The molecule has 0 fully saturated rings. The van der Waals surface area contributed by atoms with Crippen LogP contribution in [0.15, 0.2) is 42.5 Å². The van der Waals surface area contributed by atoms with Crippen molar-refractivity contribution in [1.82, 2.24) is 0 Å². The van der Waals surface area contributed by atoms with Crippen molar-refractivity contribution < 1.29 is 13.9 Å². The summed E-state index contributed by atoms with van der Waals surface area (Å²) in [6.45, 7) is 1.55. The topological polar surface area (TPSA) is 23.5 Å². The molecule has 0 aliphatic carbocycles. The highest BCUT2D eigenvalue weighted by Gasteiger charge is 2.16. The fourth-order valence-corrected chi connectivity index (χ4v) is 2.02. The van der Waals surface area contributed by atoms with E-state index in [0.717, 1.165) is 0 Å². The quantitative estimate of drug-likeness (QED) is 0.910. The van der Waals surface area contributed by atoms with Crippen LogP contribution in [0.25, 0.3) is 0 Å². The molecule has 100 valence electrons. The average molecular weight is 263 g/mol. The molecule has 1 N–H and O–H groups in total. The van der Waals surface area contributed by atoms with E-state index < -0.39 is 11.9 Å². The first-order valence-corrected chi connectivity index (χ1v) is 5.96. The van der Waals surface area contributed by atoms with Crippen molar-refractivity contribution in [3.05, 3.63) is 59.7 Å². The summed E-state index contributed by atoms with van der Waals surface area (Å²) in [5.41, 5.74) is 1.36. The van der Waals surface area contributed by atoms with E-state index >= 15 is 0 Å². The third-order valence-electron chi connectivity index (χ3n) is 3.01.